The first-order chi connectivity index (χ1) is 8.44. The molecule has 0 heterocycles. The molecule has 0 spiro atoms. The maximum Gasteiger partial charge on any atom is 0.417 e. The number of rotatable bonds is 3. The largest absolute Gasteiger partial charge is 0.417 e. The number of hydrogen-bond donors (Lipinski definition) is 0. The molecule has 3 nitrogen and oxygen atoms in total. The van der Waals surface area contributed by atoms with Crippen LogP contribution in [0.1, 0.15) is 22.9 Å². The minimum Gasteiger partial charge on any atom is -0.298 e. The molecule has 0 radical (unpaired) electrons. The van der Waals surface area contributed by atoms with Gasteiger partial charge in [-0.2, -0.15) is 13.2 Å². The number of alkyl halides is 4. The molecule has 0 saturated heterocycles. The second kappa shape index (κ2) is 5.24. The summed E-state index contributed by atoms with van der Waals surface area (Å²) in [5.74, 6) is -0.375. The molecule has 0 aliphatic carbocycles. The summed E-state index contributed by atoms with van der Waals surface area (Å²) < 4.78 is 61.2. The Morgan fingerprint density at radius 2 is 1.84 bits per heavy atom. The Bertz CT molecular complexity index is 608. The van der Waals surface area contributed by atoms with Crippen LogP contribution in [0.3, 0.4) is 0 Å². The van der Waals surface area contributed by atoms with Crippen LogP contribution in [0.5, 0.6) is 0 Å². The van der Waals surface area contributed by atoms with Gasteiger partial charge in [-0.1, -0.05) is 22.0 Å². The van der Waals surface area contributed by atoms with Crippen LogP contribution in [-0.4, -0.2) is 20.5 Å². The molecule has 0 fully saturated rings. The zero-order valence-corrected chi connectivity index (χ0v) is 12.4. The lowest BCUT2D eigenvalue weighted by atomic mass is 10.1. The van der Waals surface area contributed by atoms with E-state index in [1.54, 1.807) is 0 Å². The SMILES string of the molecule is CC(=O)C(Br)c1ccc(S(C)(=O)=O)c(C(F)(F)F)c1. The fourth-order valence-electron chi connectivity index (χ4n) is 1.48. The molecular formula is C11H10BrF3O3S. The Hall–Kier alpha value is -0.890. The average molecular weight is 359 g/mol. The predicted octanol–water partition coefficient (Wildman–Crippen LogP) is 3.13. The molecule has 0 aromatic heterocycles. The van der Waals surface area contributed by atoms with E-state index in [0.717, 1.165) is 6.07 Å². The van der Waals surface area contributed by atoms with Gasteiger partial charge >= 0.3 is 6.18 Å². The standard InChI is InChI=1S/C11H10BrF3O3S/c1-6(16)10(12)7-3-4-9(19(2,17)18)8(5-7)11(13,14)15/h3-5,10H,1-2H3. The van der Waals surface area contributed by atoms with Gasteiger partial charge < -0.3 is 0 Å². The van der Waals surface area contributed by atoms with E-state index in [-0.39, 0.29) is 11.3 Å². The van der Waals surface area contributed by atoms with Gasteiger partial charge in [0.2, 0.25) is 0 Å². The number of benzene rings is 1. The van der Waals surface area contributed by atoms with Crippen molar-refractivity contribution in [3.05, 3.63) is 29.3 Å². The molecule has 8 heteroatoms. The number of ketones is 1. The Morgan fingerprint density at radius 3 is 2.21 bits per heavy atom. The van der Waals surface area contributed by atoms with Gasteiger partial charge in [0.05, 0.1) is 15.3 Å². The van der Waals surface area contributed by atoms with Gasteiger partial charge in [0.25, 0.3) is 0 Å². The average Bonchev–Trinajstić information content (AvgIpc) is 2.24. The normalized spacial score (nSPS) is 14.2. The van der Waals surface area contributed by atoms with Gasteiger partial charge in [0.1, 0.15) is 5.78 Å². The summed E-state index contributed by atoms with van der Waals surface area (Å²) in [7, 11) is -4.00. The van der Waals surface area contributed by atoms with Gasteiger partial charge in [0, 0.05) is 6.26 Å². The summed E-state index contributed by atoms with van der Waals surface area (Å²) in [6.07, 6.45) is -4.11. The molecular weight excluding hydrogens is 349 g/mol. The van der Waals surface area contributed by atoms with E-state index < -0.39 is 31.3 Å². The Kier molecular flexibility index (Phi) is 4.46. The predicted molar refractivity (Wildman–Crippen MR) is 66.9 cm³/mol. The molecule has 1 unspecified atom stereocenters. The lowest BCUT2D eigenvalue weighted by molar-refractivity contribution is -0.140. The number of carbonyl (C=O) groups excluding carboxylic acids is 1. The topological polar surface area (TPSA) is 51.2 Å². The maximum atomic E-state index is 12.9. The van der Waals surface area contributed by atoms with E-state index in [1.165, 1.54) is 13.0 Å². The van der Waals surface area contributed by atoms with Crippen molar-refractivity contribution >= 4 is 31.6 Å². The van der Waals surface area contributed by atoms with E-state index in [1.807, 2.05) is 0 Å². The fourth-order valence-corrected chi connectivity index (χ4v) is 2.66. The minimum atomic E-state index is -4.81. The molecule has 0 amide bonds. The number of halogens is 4. The van der Waals surface area contributed by atoms with Crippen molar-refractivity contribution in [1.29, 1.82) is 0 Å². The highest BCUT2D eigenvalue weighted by atomic mass is 79.9. The number of carbonyl (C=O) groups is 1. The maximum absolute atomic E-state index is 12.9. The number of hydrogen-bond acceptors (Lipinski definition) is 3. The van der Waals surface area contributed by atoms with Gasteiger partial charge in [-0.25, -0.2) is 8.42 Å². The van der Waals surface area contributed by atoms with Crippen molar-refractivity contribution in [2.75, 3.05) is 6.26 Å². The third-order valence-electron chi connectivity index (χ3n) is 2.36. The van der Waals surface area contributed by atoms with E-state index in [4.69, 9.17) is 0 Å². The van der Waals surface area contributed by atoms with Crippen molar-refractivity contribution in [3.8, 4) is 0 Å². The first kappa shape index (κ1) is 16.2. The van der Waals surface area contributed by atoms with Crippen LogP contribution in [0.4, 0.5) is 13.2 Å². The Morgan fingerprint density at radius 1 is 1.32 bits per heavy atom. The summed E-state index contributed by atoms with van der Waals surface area (Å²) in [4.78, 5) is 9.44. The van der Waals surface area contributed by atoms with E-state index in [9.17, 15) is 26.4 Å². The summed E-state index contributed by atoms with van der Waals surface area (Å²) in [6, 6.07) is 2.73. The molecule has 0 aliphatic heterocycles. The van der Waals surface area contributed by atoms with Crippen molar-refractivity contribution < 1.29 is 26.4 Å². The highest BCUT2D eigenvalue weighted by Crippen LogP contribution is 2.37. The Balaban J connectivity index is 3.54. The van der Waals surface area contributed by atoms with E-state index in [0.29, 0.717) is 12.3 Å². The molecule has 0 aliphatic rings. The molecule has 106 valence electrons. The van der Waals surface area contributed by atoms with Gasteiger partial charge in [-0.15, -0.1) is 0 Å². The van der Waals surface area contributed by atoms with Gasteiger partial charge in [-0.05, 0) is 24.6 Å². The molecule has 0 bridgehead atoms. The van der Waals surface area contributed by atoms with Crippen LogP contribution in [-0.2, 0) is 20.8 Å². The highest BCUT2D eigenvalue weighted by Gasteiger charge is 2.36. The van der Waals surface area contributed by atoms with Crippen LogP contribution in [0.15, 0.2) is 23.1 Å². The third kappa shape index (κ3) is 3.79. The summed E-state index contributed by atoms with van der Waals surface area (Å²) in [6.45, 7) is 1.22. The van der Waals surface area contributed by atoms with Crippen molar-refractivity contribution in [2.24, 2.45) is 0 Å². The van der Waals surface area contributed by atoms with Crippen LogP contribution < -0.4 is 0 Å². The van der Waals surface area contributed by atoms with Crippen molar-refractivity contribution in [1.82, 2.24) is 0 Å². The second-order valence-corrected chi connectivity index (χ2v) is 6.90. The highest BCUT2D eigenvalue weighted by molar-refractivity contribution is 9.09. The summed E-state index contributed by atoms with van der Waals surface area (Å²) >= 11 is 2.96. The first-order valence-corrected chi connectivity index (χ1v) is 7.81. The molecule has 0 saturated carbocycles. The van der Waals surface area contributed by atoms with Crippen LogP contribution in [0.25, 0.3) is 0 Å². The monoisotopic (exact) mass is 358 g/mol. The van der Waals surface area contributed by atoms with Gasteiger partial charge in [0.15, 0.2) is 9.84 Å². The molecule has 1 aromatic carbocycles. The van der Waals surface area contributed by atoms with Crippen LogP contribution in [0, 0.1) is 0 Å². The fraction of sp³-hybridized carbons (Fsp3) is 0.364. The van der Waals surface area contributed by atoms with Crippen molar-refractivity contribution in [3.63, 3.8) is 0 Å². The van der Waals surface area contributed by atoms with E-state index in [2.05, 4.69) is 15.9 Å². The number of Topliss-reactive ketones (excluding diaryl/α,β-unsaturated/α-hetero) is 1. The minimum absolute atomic E-state index is 0.0622. The Labute approximate surface area is 116 Å². The van der Waals surface area contributed by atoms with Crippen molar-refractivity contribution in [2.45, 2.75) is 22.8 Å². The molecule has 19 heavy (non-hydrogen) atoms. The summed E-state index contributed by atoms with van der Waals surface area (Å²) in [5, 5.41) is 0. The van der Waals surface area contributed by atoms with Crippen LogP contribution >= 0.6 is 15.9 Å². The third-order valence-corrected chi connectivity index (χ3v) is 4.69. The molecule has 1 aromatic rings. The molecule has 1 rings (SSSR count). The zero-order chi connectivity index (χ0) is 15.0. The van der Waals surface area contributed by atoms with Gasteiger partial charge in [-0.3, -0.25) is 4.79 Å². The van der Waals surface area contributed by atoms with E-state index >= 15 is 0 Å². The summed E-state index contributed by atoms with van der Waals surface area (Å²) in [5.41, 5.74) is -1.20. The first-order valence-electron chi connectivity index (χ1n) is 5.00. The lowest BCUT2D eigenvalue weighted by Gasteiger charge is -2.15. The zero-order valence-electron chi connectivity index (χ0n) is 9.95. The smallest absolute Gasteiger partial charge is 0.298 e. The number of sulfone groups is 1. The molecule has 1 atom stereocenters. The quantitative estimate of drug-likeness (QED) is 0.780. The van der Waals surface area contributed by atoms with Crippen LogP contribution in [0.2, 0.25) is 0 Å². The molecule has 0 N–H and O–H groups in total. The second-order valence-electron chi connectivity index (χ2n) is 4.00. The lowest BCUT2D eigenvalue weighted by Crippen LogP contribution is -2.14.